The van der Waals surface area contributed by atoms with E-state index in [9.17, 15) is 4.79 Å². The van der Waals surface area contributed by atoms with Gasteiger partial charge in [-0.1, -0.05) is 19.9 Å². The zero-order valence-corrected chi connectivity index (χ0v) is 21.1. The minimum Gasteiger partial charge on any atom is -0.497 e. The van der Waals surface area contributed by atoms with E-state index < -0.39 is 0 Å². The topological polar surface area (TPSA) is 70.6 Å². The summed E-state index contributed by atoms with van der Waals surface area (Å²) in [6.45, 7) is 7.38. The second-order valence-corrected chi connectivity index (χ2v) is 10.5. The van der Waals surface area contributed by atoms with Gasteiger partial charge in [0.1, 0.15) is 22.2 Å². The molecule has 2 amide bonds. The smallest absolute Gasteiger partial charge is 0.321 e. The lowest BCUT2D eigenvalue weighted by molar-refractivity contribution is 0.208. The van der Waals surface area contributed by atoms with E-state index in [0.29, 0.717) is 13.1 Å². The number of amides is 2. The van der Waals surface area contributed by atoms with E-state index in [4.69, 9.17) is 14.7 Å². The van der Waals surface area contributed by atoms with E-state index in [1.54, 1.807) is 7.11 Å². The molecule has 0 spiro atoms. The van der Waals surface area contributed by atoms with Gasteiger partial charge in [-0.3, -0.25) is 0 Å². The molecule has 8 heteroatoms. The highest BCUT2D eigenvalue weighted by Gasteiger charge is 2.28. The van der Waals surface area contributed by atoms with Crippen molar-refractivity contribution in [3.8, 4) is 5.75 Å². The van der Waals surface area contributed by atoms with Gasteiger partial charge in [-0.15, -0.1) is 11.3 Å². The fraction of sp³-hybridized carbons (Fsp3) is 0.500. The first kappa shape index (κ1) is 22.9. The van der Waals surface area contributed by atoms with E-state index >= 15 is 0 Å². The molecule has 1 N–H and O–H groups in total. The summed E-state index contributed by atoms with van der Waals surface area (Å²) >= 11 is 1.87. The predicted molar refractivity (Wildman–Crippen MR) is 138 cm³/mol. The van der Waals surface area contributed by atoms with Gasteiger partial charge in [0.25, 0.3) is 0 Å². The zero-order chi connectivity index (χ0) is 23.7. The van der Waals surface area contributed by atoms with Crippen LogP contribution in [0.2, 0.25) is 0 Å². The number of piperazine rings is 1. The maximum absolute atomic E-state index is 12.9. The van der Waals surface area contributed by atoms with Crippen LogP contribution >= 0.6 is 11.3 Å². The molecular weight excluding hydrogens is 446 g/mol. The predicted octanol–water partition coefficient (Wildman–Crippen LogP) is 5.13. The third-order valence-electron chi connectivity index (χ3n) is 6.84. The van der Waals surface area contributed by atoms with Crippen molar-refractivity contribution in [3.05, 3.63) is 40.5 Å². The molecule has 1 atom stereocenters. The number of aromatic nitrogens is 2. The van der Waals surface area contributed by atoms with Crippen LogP contribution < -0.4 is 15.0 Å². The number of carbonyl (C=O) groups excluding carboxylic acids is 1. The van der Waals surface area contributed by atoms with Crippen molar-refractivity contribution in [1.82, 2.24) is 14.9 Å². The molecule has 3 aromatic rings. The first-order valence-electron chi connectivity index (χ1n) is 12.3. The van der Waals surface area contributed by atoms with Gasteiger partial charge in [-0.25, -0.2) is 14.8 Å². The molecule has 1 saturated heterocycles. The monoisotopic (exact) mass is 479 g/mol. The Morgan fingerprint density at radius 2 is 2.06 bits per heavy atom. The van der Waals surface area contributed by atoms with Crippen molar-refractivity contribution in [1.29, 1.82) is 0 Å². The number of aryl methyl sites for hydroxylation is 2. The van der Waals surface area contributed by atoms with Crippen LogP contribution in [0.1, 0.15) is 43.0 Å². The van der Waals surface area contributed by atoms with Gasteiger partial charge < -0.3 is 19.9 Å². The number of fused-ring (bicyclic) bond motifs is 3. The molecule has 0 saturated carbocycles. The zero-order valence-electron chi connectivity index (χ0n) is 20.3. The molecule has 1 aliphatic heterocycles. The number of benzene rings is 1. The molecule has 0 unspecified atom stereocenters. The van der Waals surface area contributed by atoms with Gasteiger partial charge in [0.2, 0.25) is 0 Å². The van der Waals surface area contributed by atoms with Gasteiger partial charge in [0.15, 0.2) is 0 Å². The number of nitrogens with one attached hydrogen (secondary N) is 1. The van der Waals surface area contributed by atoms with E-state index in [1.807, 2.05) is 40.5 Å². The summed E-state index contributed by atoms with van der Waals surface area (Å²) in [4.78, 5) is 29.8. The third-order valence-corrected chi connectivity index (χ3v) is 7.99. The summed E-state index contributed by atoms with van der Waals surface area (Å²) in [5.74, 6) is 3.48. The second-order valence-electron chi connectivity index (χ2n) is 9.38. The van der Waals surface area contributed by atoms with Gasteiger partial charge in [0, 0.05) is 49.2 Å². The number of nitrogens with zero attached hydrogens (tertiary/aromatic N) is 4. The van der Waals surface area contributed by atoms with Crippen molar-refractivity contribution in [2.75, 3.05) is 43.5 Å². The number of methoxy groups -OCH3 is 1. The first-order chi connectivity index (χ1) is 16.6. The van der Waals surface area contributed by atoms with Gasteiger partial charge in [-0.05, 0) is 49.3 Å². The lowest BCUT2D eigenvalue weighted by Crippen LogP contribution is -2.50. The number of hydrogen-bond donors (Lipinski definition) is 1. The maximum Gasteiger partial charge on any atom is 0.321 e. The van der Waals surface area contributed by atoms with Crippen molar-refractivity contribution in [2.24, 2.45) is 5.92 Å². The lowest BCUT2D eigenvalue weighted by atomic mass is 9.89. The Morgan fingerprint density at radius 1 is 1.24 bits per heavy atom. The van der Waals surface area contributed by atoms with E-state index in [1.165, 1.54) is 22.2 Å². The minimum absolute atomic E-state index is 0.0747. The molecule has 3 heterocycles. The molecule has 5 rings (SSSR count). The number of thiophene rings is 1. The fourth-order valence-corrected chi connectivity index (χ4v) is 6.35. The average Bonchev–Trinajstić information content (AvgIpc) is 3.21. The number of rotatable bonds is 5. The normalized spacial score (nSPS) is 18.1. The number of hydrogen-bond acceptors (Lipinski definition) is 6. The Labute approximate surface area is 205 Å². The van der Waals surface area contributed by atoms with Crippen molar-refractivity contribution < 1.29 is 9.53 Å². The van der Waals surface area contributed by atoms with Crippen LogP contribution in [0, 0.1) is 5.92 Å². The van der Waals surface area contributed by atoms with Crippen LogP contribution in [0.15, 0.2) is 24.3 Å². The highest BCUT2D eigenvalue weighted by Crippen LogP contribution is 2.41. The highest BCUT2D eigenvalue weighted by atomic mass is 32.1. The number of anilines is 2. The largest absolute Gasteiger partial charge is 0.497 e. The Balaban J connectivity index is 1.35. The van der Waals surface area contributed by atoms with Gasteiger partial charge in [0.05, 0.1) is 12.5 Å². The quantitative estimate of drug-likeness (QED) is 0.549. The molecule has 1 aliphatic carbocycles. The Bertz CT molecular complexity index is 1190. The Morgan fingerprint density at radius 3 is 2.82 bits per heavy atom. The molecule has 1 aromatic carbocycles. The summed E-state index contributed by atoms with van der Waals surface area (Å²) in [6.07, 6.45) is 5.42. The first-order valence-corrected chi connectivity index (χ1v) is 13.1. The molecular formula is C26H33N5O2S. The molecule has 34 heavy (non-hydrogen) atoms. The summed E-state index contributed by atoms with van der Waals surface area (Å²) in [7, 11) is 1.63. The summed E-state index contributed by atoms with van der Waals surface area (Å²) in [5.41, 5.74) is 2.21. The third kappa shape index (κ3) is 4.56. The van der Waals surface area contributed by atoms with Crippen LogP contribution in [0.3, 0.4) is 0 Å². The molecule has 1 fully saturated rings. The summed E-state index contributed by atoms with van der Waals surface area (Å²) in [6, 6.07) is 7.39. The highest BCUT2D eigenvalue weighted by molar-refractivity contribution is 7.19. The van der Waals surface area contributed by atoms with Crippen molar-refractivity contribution in [3.63, 3.8) is 0 Å². The van der Waals surface area contributed by atoms with Crippen LogP contribution in [0.5, 0.6) is 5.75 Å². The average molecular weight is 480 g/mol. The van der Waals surface area contributed by atoms with Crippen molar-refractivity contribution in [2.45, 2.75) is 46.0 Å². The molecule has 2 aromatic heterocycles. The number of carbonyl (C=O) groups is 1. The standard InChI is InChI=1S/C26H33N5O2S/c1-4-6-22-28-24(23-20-10-9-17(2)15-21(20)34-25(23)29-22)30-11-13-31(14-12-30)26(32)27-18-7-5-8-19(16-18)33-3/h5,7-8,16-17H,4,6,9-15H2,1-3H3,(H,27,32)/t17-/m1/s1. The van der Waals surface area contributed by atoms with E-state index in [-0.39, 0.29) is 6.03 Å². The van der Waals surface area contributed by atoms with Gasteiger partial charge in [-0.2, -0.15) is 0 Å². The number of urea groups is 1. The van der Waals surface area contributed by atoms with E-state index in [0.717, 1.165) is 72.6 Å². The molecule has 7 nitrogen and oxygen atoms in total. The molecule has 2 aliphatic rings. The fourth-order valence-electron chi connectivity index (χ4n) is 4.96. The molecule has 0 radical (unpaired) electrons. The Kier molecular flexibility index (Phi) is 6.59. The Hall–Kier alpha value is -2.87. The summed E-state index contributed by atoms with van der Waals surface area (Å²) < 4.78 is 5.26. The SMILES string of the molecule is CCCc1nc(N2CCN(C(=O)Nc3cccc(OC)c3)CC2)c2c3c(sc2n1)C[C@H](C)CC3. The van der Waals surface area contributed by atoms with Crippen LogP contribution in [0.25, 0.3) is 10.2 Å². The van der Waals surface area contributed by atoms with Gasteiger partial charge >= 0.3 is 6.03 Å². The minimum atomic E-state index is -0.0747. The number of ether oxygens (including phenoxy) is 1. The van der Waals surface area contributed by atoms with Crippen LogP contribution in [0.4, 0.5) is 16.3 Å². The second kappa shape index (κ2) is 9.78. The lowest BCUT2D eigenvalue weighted by Gasteiger charge is -2.36. The molecule has 180 valence electrons. The van der Waals surface area contributed by atoms with Crippen molar-refractivity contribution >= 4 is 39.1 Å². The van der Waals surface area contributed by atoms with Crippen LogP contribution in [-0.2, 0) is 19.3 Å². The summed E-state index contributed by atoms with van der Waals surface area (Å²) in [5, 5.41) is 4.27. The molecule has 0 bridgehead atoms. The maximum atomic E-state index is 12.9. The van der Waals surface area contributed by atoms with Crippen LogP contribution in [-0.4, -0.2) is 54.2 Å². The van der Waals surface area contributed by atoms with E-state index in [2.05, 4.69) is 24.1 Å².